The number of nitrogens with zero attached hydrogens (tertiary/aromatic N) is 1. The second-order valence-corrected chi connectivity index (χ2v) is 5.91. The maximum absolute atomic E-state index is 12.4. The molecule has 1 aromatic carbocycles. The van der Waals surface area contributed by atoms with Gasteiger partial charge in [0.15, 0.2) is 0 Å². The summed E-state index contributed by atoms with van der Waals surface area (Å²) in [5.41, 5.74) is 2.06. The third-order valence-corrected chi connectivity index (χ3v) is 4.22. The van der Waals surface area contributed by atoms with Crippen molar-refractivity contribution in [3.05, 3.63) is 60.4 Å². The summed E-state index contributed by atoms with van der Waals surface area (Å²) in [6, 6.07) is 13.9. The Morgan fingerprint density at radius 3 is 2.40 bits per heavy atom. The van der Waals surface area contributed by atoms with Crippen LogP contribution in [0.4, 0.5) is 5.69 Å². The second kappa shape index (κ2) is 4.75. The number of anilines is 1. The van der Waals surface area contributed by atoms with Crippen molar-refractivity contribution in [2.75, 3.05) is 5.32 Å². The molecule has 3 heteroatoms. The van der Waals surface area contributed by atoms with Crippen LogP contribution in [0, 0.1) is 11.3 Å². The normalized spacial score (nSPS) is 23.1. The zero-order chi connectivity index (χ0) is 14.2. The van der Waals surface area contributed by atoms with Gasteiger partial charge in [0.1, 0.15) is 0 Å². The lowest BCUT2D eigenvalue weighted by molar-refractivity contribution is -0.118. The minimum atomic E-state index is 0.0124. The highest BCUT2D eigenvalue weighted by atomic mass is 16.2. The van der Waals surface area contributed by atoms with Gasteiger partial charge >= 0.3 is 0 Å². The third kappa shape index (κ3) is 2.20. The van der Waals surface area contributed by atoms with Gasteiger partial charge < -0.3 is 5.32 Å². The molecule has 0 saturated heterocycles. The topological polar surface area (TPSA) is 42.0 Å². The highest BCUT2D eigenvalue weighted by Gasteiger charge is 2.62. The molecule has 0 radical (unpaired) electrons. The number of rotatable bonds is 3. The monoisotopic (exact) mass is 266 g/mol. The van der Waals surface area contributed by atoms with Gasteiger partial charge in [-0.15, -0.1) is 0 Å². The Labute approximate surface area is 119 Å². The molecular weight excluding hydrogens is 248 g/mol. The van der Waals surface area contributed by atoms with Crippen LogP contribution in [0.5, 0.6) is 0 Å². The molecule has 1 fully saturated rings. The van der Waals surface area contributed by atoms with Crippen molar-refractivity contribution in [3.63, 3.8) is 0 Å². The number of carbonyl (C=O) groups is 1. The minimum absolute atomic E-state index is 0.0124. The Morgan fingerprint density at radius 2 is 1.75 bits per heavy atom. The summed E-state index contributed by atoms with van der Waals surface area (Å²) in [6.45, 7) is 4.31. The van der Waals surface area contributed by atoms with Gasteiger partial charge in [0, 0.05) is 24.0 Å². The predicted octanol–water partition coefficient (Wildman–Crippen LogP) is 3.46. The average Bonchev–Trinajstić information content (AvgIpc) is 3.04. The summed E-state index contributed by atoms with van der Waals surface area (Å²) in [5.74, 6) is 0.415. The average molecular weight is 266 g/mol. The largest absolute Gasteiger partial charge is 0.326 e. The molecule has 1 aliphatic rings. The Morgan fingerprint density at radius 1 is 1.10 bits per heavy atom. The van der Waals surface area contributed by atoms with Crippen LogP contribution in [0.15, 0.2) is 54.9 Å². The maximum Gasteiger partial charge on any atom is 0.228 e. The SMILES string of the molecule is CC1(C)C(C(=O)Nc2ccncc2)C1c1ccccc1. The van der Waals surface area contributed by atoms with E-state index >= 15 is 0 Å². The minimum Gasteiger partial charge on any atom is -0.326 e. The molecule has 0 bridgehead atoms. The van der Waals surface area contributed by atoms with E-state index < -0.39 is 0 Å². The summed E-state index contributed by atoms with van der Waals surface area (Å²) in [7, 11) is 0. The summed E-state index contributed by atoms with van der Waals surface area (Å²) in [4.78, 5) is 16.4. The predicted molar refractivity (Wildman–Crippen MR) is 79.3 cm³/mol. The van der Waals surface area contributed by atoms with Crippen molar-refractivity contribution >= 4 is 11.6 Å². The van der Waals surface area contributed by atoms with E-state index in [0.717, 1.165) is 5.69 Å². The lowest BCUT2D eigenvalue weighted by atomic mass is 10.0. The van der Waals surface area contributed by atoms with Gasteiger partial charge in [0.25, 0.3) is 0 Å². The Balaban J connectivity index is 1.76. The van der Waals surface area contributed by atoms with Gasteiger partial charge in [0.05, 0.1) is 5.92 Å². The van der Waals surface area contributed by atoms with Gasteiger partial charge in [-0.25, -0.2) is 0 Å². The number of amides is 1. The molecule has 2 unspecified atom stereocenters. The molecule has 102 valence electrons. The molecule has 3 nitrogen and oxygen atoms in total. The van der Waals surface area contributed by atoms with Gasteiger partial charge in [-0.05, 0) is 23.1 Å². The van der Waals surface area contributed by atoms with Crippen LogP contribution in [0.3, 0.4) is 0 Å². The quantitative estimate of drug-likeness (QED) is 0.924. The Hall–Kier alpha value is -2.16. The van der Waals surface area contributed by atoms with Gasteiger partial charge in [-0.3, -0.25) is 9.78 Å². The Bertz CT molecular complexity index is 607. The van der Waals surface area contributed by atoms with E-state index in [1.54, 1.807) is 12.4 Å². The summed E-state index contributed by atoms with van der Waals surface area (Å²) >= 11 is 0. The number of hydrogen-bond acceptors (Lipinski definition) is 2. The van der Waals surface area contributed by atoms with Gasteiger partial charge in [-0.1, -0.05) is 44.2 Å². The highest BCUT2D eigenvalue weighted by Crippen LogP contribution is 2.64. The first-order chi connectivity index (χ1) is 9.60. The fourth-order valence-corrected chi connectivity index (χ4v) is 3.06. The van der Waals surface area contributed by atoms with E-state index in [1.165, 1.54) is 5.56 Å². The smallest absolute Gasteiger partial charge is 0.228 e. The van der Waals surface area contributed by atoms with E-state index in [1.807, 2.05) is 30.3 Å². The van der Waals surface area contributed by atoms with Crippen LogP contribution in [0.2, 0.25) is 0 Å². The van der Waals surface area contributed by atoms with Gasteiger partial charge in [0.2, 0.25) is 5.91 Å². The van der Waals surface area contributed by atoms with Crippen molar-refractivity contribution in [3.8, 4) is 0 Å². The first-order valence-electron chi connectivity index (χ1n) is 6.86. The van der Waals surface area contributed by atoms with Gasteiger partial charge in [-0.2, -0.15) is 0 Å². The summed E-state index contributed by atoms with van der Waals surface area (Å²) in [6.07, 6.45) is 3.37. The molecule has 2 aromatic rings. The lowest BCUT2D eigenvalue weighted by Crippen LogP contribution is -2.16. The van der Waals surface area contributed by atoms with Crippen molar-refractivity contribution in [1.29, 1.82) is 0 Å². The first kappa shape index (κ1) is 12.9. The summed E-state index contributed by atoms with van der Waals surface area (Å²) < 4.78 is 0. The molecule has 1 N–H and O–H groups in total. The number of pyridine rings is 1. The zero-order valence-electron chi connectivity index (χ0n) is 11.7. The number of carbonyl (C=O) groups excluding carboxylic acids is 1. The highest BCUT2D eigenvalue weighted by molar-refractivity contribution is 5.96. The number of hydrogen-bond donors (Lipinski definition) is 1. The van der Waals surface area contributed by atoms with Crippen molar-refractivity contribution in [2.24, 2.45) is 11.3 Å². The van der Waals surface area contributed by atoms with E-state index in [0.29, 0.717) is 5.92 Å². The van der Waals surface area contributed by atoms with E-state index in [-0.39, 0.29) is 17.2 Å². The molecule has 0 aliphatic heterocycles. The standard InChI is InChI=1S/C17H18N2O/c1-17(2)14(12-6-4-3-5-7-12)15(17)16(20)19-13-8-10-18-11-9-13/h3-11,14-15H,1-2H3,(H,18,19,20). The molecule has 1 saturated carbocycles. The molecule has 1 aliphatic carbocycles. The van der Waals surface area contributed by atoms with Crippen LogP contribution in [-0.4, -0.2) is 10.9 Å². The van der Waals surface area contributed by atoms with Crippen molar-refractivity contribution in [1.82, 2.24) is 4.98 Å². The number of aromatic nitrogens is 1. The second-order valence-electron chi connectivity index (χ2n) is 5.91. The van der Waals surface area contributed by atoms with Crippen molar-refractivity contribution in [2.45, 2.75) is 19.8 Å². The van der Waals surface area contributed by atoms with E-state index in [2.05, 4.69) is 36.3 Å². The van der Waals surface area contributed by atoms with E-state index in [9.17, 15) is 4.79 Å². The Kier molecular flexibility index (Phi) is 3.05. The molecule has 1 heterocycles. The lowest BCUT2D eigenvalue weighted by Gasteiger charge is -2.05. The molecule has 3 rings (SSSR count). The van der Waals surface area contributed by atoms with E-state index in [4.69, 9.17) is 0 Å². The number of nitrogens with one attached hydrogen (secondary N) is 1. The van der Waals surface area contributed by atoms with Crippen molar-refractivity contribution < 1.29 is 4.79 Å². The number of benzene rings is 1. The van der Waals surface area contributed by atoms with Crippen LogP contribution < -0.4 is 5.32 Å². The van der Waals surface area contributed by atoms with Crippen LogP contribution in [-0.2, 0) is 4.79 Å². The fraction of sp³-hybridized carbons (Fsp3) is 0.294. The molecule has 20 heavy (non-hydrogen) atoms. The molecular formula is C17H18N2O. The third-order valence-electron chi connectivity index (χ3n) is 4.22. The summed E-state index contributed by atoms with van der Waals surface area (Å²) in [5, 5.41) is 2.98. The van der Waals surface area contributed by atoms with Crippen LogP contribution in [0.1, 0.15) is 25.3 Å². The molecule has 1 amide bonds. The molecule has 1 aromatic heterocycles. The first-order valence-corrected chi connectivity index (χ1v) is 6.86. The maximum atomic E-state index is 12.4. The van der Waals surface area contributed by atoms with Crippen LogP contribution in [0.25, 0.3) is 0 Å². The molecule has 2 atom stereocenters. The zero-order valence-corrected chi connectivity index (χ0v) is 11.7. The molecule has 0 spiro atoms. The van der Waals surface area contributed by atoms with Crippen LogP contribution >= 0.6 is 0 Å². The fourth-order valence-electron chi connectivity index (χ4n) is 3.06.